The van der Waals surface area contributed by atoms with Gasteiger partial charge in [-0.15, -0.1) is 0 Å². The zero-order chi connectivity index (χ0) is 17.0. The summed E-state index contributed by atoms with van der Waals surface area (Å²) in [7, 11) is 0. The number of nitro groups is 1. The normalized spacial score (nSPS) is 10.4. The number of carbonyl (C=O) groups excluding carboxylic acids is 1. The van der Waals surface area contributed by atoms with Gasteiger partial charge in [-0.25, -0.2) is 9.97 Å². The van der Waals surface area contributed by atoms with Gasteiger partial charge in [-0.05, 0) is 32.4 Å². The van der Waals surface area contributed by atoms with Crippen LogP contribution < -0.4 is 5.32 Å². The molecular formula is C15H16N4O3S. The predicted octanol–water partition coefficient (Wildman–Crippen LogP) is 3.04. The van der Waals surface area contributed by atoms with Crippen LogP contribution in [-0.2, 0) is 4.79 Å². The Balaban J connectivity index is 2.07. The molecule has 0 aliphatic rings. The number of rotatable bonds is 5. The van der Waals surface area contributed by atoms with Crippen LogP contribution in [0.15, 0.2) is 29.3 Å². The maximum atomic E-state index is 12.1. The van der Waals surface area contributed by atoms with Crippen molar-refractivity contribution in [3.63, 3.8) is 0 Å². The Bertz CT molecular complexity index is 744. The lowest BCUT2D eigenvalue weighted by molar-refractivity contribution is -0.384. The van der Waals surface area contributed by atoms with E-state index >= 15 is 0 Å². The number of thioether (sulfide) groups is 1. The van der Waals surface area contributed by atoms with Crippen LogP contribution in [0.1, 0.15) is 17.1 Å². The molecule has 23 heavy (non-hydrogen) atoms. The van der Waals surface area contributed by atoms with Crippen molar-refractivity contribution < 1.29 is 9.72 Å². The van der Waals surface area contributed by atoms with Crippen LogP contribution in [0.25, 0.3) is 0 Å². The molecule has 1 aromatic carbocycles. The van der Waals surface area contributed by atoms with Gasteiger partial charge in [-0.3, -0.25) is 14.9 Å². The Morgan fingerprint density at radius 2 is 2.04 bits per heavy atom. The first-order valence-electron chi connectivity index (χ1n) is 6.86. The lowest BCUT2D eigenvalue weighted by atomic mass is 10.1. The predicted molar refractivity (Wildman–Crippen MR) is 88.7 cm³/mol. The maximum Gasteiger partial charge on any atom is 0.293 e. The number of aryl methyl sites for hydroxylation is 3. The quantitative estimate of drug-likeness (QED) is 0.391. The van der Waals surface area contributed by atoms with Gasteiger partial charge in [0.15, 0.2) is 0 Å². The number of amides is 1. The molecule has 7 nitrogen and oxygen atoms in total. The molecule has 0 bridgehead atoms. The molecule has 1 N–H and O–H groups in total. The van der Waals surface area contributed by atoms with E-state index in [1.807, 2.05) is 6.92 Å². The summed E-state index contributed by atoms with van der Waals surface area (Å²) in [6.07, 6.45) is 0. The zero-order valence-corrected chi connectivity index (χ0v) is 13.8. The fourth-order valence-corrected chi connectivity index (χ4v) is 2.84. The summed E-state index contributed by atoms with van der Waals surface area (Å²) in [5.41, 5.74) is 1.59. The second kappa shape index (κ2) is 7.19. The number of aromatic nitrogens is 2. The third-order valence-corrected chi connectivity index (χ3v) is 3.92. The average molecular weight is 332 g/mol. The molecule has 120 valence electrons. The highest BCUT2D eigenvalue weighted by Gasteiger charge is 2.17. The summed E-state index contributed by atoms with van der Waals surface area (Å²) in [6.45, 7) is 5.36. The molecule has 0 unspecified atom stereocenters. The minimum Gasteiger partial charge on any atom is -0.319 e. The molecule has 1 aromatic heterocycles. The van der Waals surface area contributed by atoms with Gasteiger partial charge in [-0.2, -0.15) is 0 Å². The van der Waals surface area contributed by atoms with Gasteiger partial charge in [0.2, 0.25) is 5.91 Å². The molecule has 0 aliphatic heterocycles. The van der Waals surface area contributed by atoms with E-state index in [1.165, 1.54) is 17.8 Å². The van der Waals surface area contributed by atoms with Crippen molar-refractivity contribution in [2.45, 2.75) is 25.8 Å². The van der Waals surface area contributed by atoms with Crippen LogP contribution >= 0.6 is 11.8 Å². The first kappa shape index (κ1) is 16.9. The number of benzene rings is 1. The van der Waals surface area contributed by atoms with E-state index in [0.29, 0.717) is 16.4 Å². The topological polar surface area (TPSA) is 98.0 Å². The van der Waals surface area contributed by atoms with Crippen LogP contribution in [0.5, 0.6) is 0 Å². The number of nitrogens with zero attached hydrogens (tertiary/aromatic N) is 3. The Kier molecular flexibility index (Phi) is 5.28. The van der Waals surface area contributed by atoms with Crippen molar-refractivity contribution >= 4 is 29.0 Å². The van der Waals surface area contributed by atoms with E-state index in [9.17, 15) is 14.9 Å². The standard InChI is InChI=1S/C15H16N4O3S/c1-9-5-4-6-12(19(21)22)15(9)18-13(20)8-23-14-7-10(2)16-11(3)17-14/h4-7H,8H2,1-3H3,(H,18,20). The largest absolute Gasteiger partial charge is 0.319 e. The van der Waals surface area contributed by atoms with Gasteiger partial charge in [0.1, 0.15) is 16.5 Å². The summed E-state index contributed by atoms with van der Waals surface area (Å²) >= 11 is 1.26. The molecule has 2 aromatic rings. The molecule has 0 saturated heterocycles. The SMILES string of the molecule is Cc1cc(SCC(=O)Nc2c(C)cccc2[N+](=O)[O-])nc(C)n1. The molecule has 8 heteroatoms. The lowest BCUT2D eigenvalue weighted by Gasteiger charge is -2.09. The summed E-state index contributed by atoms with van der Waals surface area (Å²) in [5, 5.41) is 14.4. The summed E-state index contributed by atoms with van der Waals surface area (Å²) in [6, 6.07) is 6.46. The Morgan fingerprint density at radius 3 is 2.70 bits per heavy atom. The first-order chi connectivity index (χ1) is 10.9. The van der Waals surface area contributed by atoms with Gasteiger partial charge < -0.3 is 5.32 Å². The molecule has 0 saturated carbocycles. The van der Waals surface area contributed by atoms with E-state index in [-0.39, 0.29) is 23.0 Å². The maximum absolute atomic E-state index is 12.1. The number of nitro benzene ring substituents is 1. The van der Waals surface area contributed by atoms with Crippen molar-refractivity contribution in [3.8, 4) is 0 Å². The van der Waals surface area contributed by atoms with Gasteiger partial charge in [-0.1, -0.05) is 23.9 Å². The zero-order valence-electron chi connectivity index (χ0n) is 13.0. The smallest absolute Gasteiger partial charge is 0.293 e. The Labute approximate surface area is 137 Å². The highest BCUT2D eigenvalue weighted by Crippen LogP contribution is 2.28. The number of hydrogen-bond donors (Lipinski definition) is 1. The van der Waals surface area contributed by atoms with Gasteiger partial charge >= 0.3 is 0 Å². The second-order valence-corrected chi connectivity index (χ2v) is 5.95. The molecule has 1 amide bonds. The van der Waals surface area contributed by atoms with Crippen LogP contribution in [0.3, 0.4) is 0 Å². The first-order valence-corrected chi connectivity index (χ1v) is 7.84. The minimum absolute atomic E-state index is 0.112. The summed E-state index contributed by atoms with van der Waals surface area (Å²) < 4.78 is 0. The van der Waals surface area contributed by atoms with Crippen molar-refractivity contribution in [2.75, 3.05) is 11.1 Å². The van der Waals surface area contributed by atoms with Crippen LogP contribution in [0, 0.1) is 30.9 Å². The van der Waals surface area contributed by atoms with Gasteiger partial charge in [0.05, 0.1) is 10.7 Å². The van der Waals surface area contributed by atoms with E-state index in [4.69, 9.17) is 0 Å². The molecule has 0 radical (unpaired) electrons. The minimum atomic E-state index is -0.507. The van der Waals surface area contributed by atoms with E-state index < -0.39 is 4.92 Å². The average Bonchev–Trinajstić information content (AvgIpc) is 2.46. The third kappa shape index (κ3) is 4.49. The van der Waals surface area contributed by atoms with E-state index in [1.54, 1.807) is 32.0 Å². The number of hydrogen-bond acceptors (Lipinski definition) is 6. The Hall–Kier alpha value is -2.48. The summed E-state index contributed by atoms with van der Waals surface area (Å²) in [4.78, 5) is 31.0. The van der Waals surface area contributed by atoms with E-state index in [0.717, 1.165) is 5.69 Å². The summed E-state index contributed by atoms with van der Waals surface area (Å²) in [5.74, 6) is 0.435. The number of para-hydroxylation sites is 1. The van der Waals surface area contributed by atoms with Crippen molar-refractivity contribution in [1.29, 1.82) is 0 Å². The molecule has 0 spiro atoms. The number of nitrogens with one attached hydrogen (secondary N) is 1. The number of carbonyl (C=O) groups is 1. The van der Waals surface area contributed by atoms with Crippen LogP contribution in [-0.4, -0.2) is 26.6 Å². The molecule has 0 aliphatic carbocycles. The molecule has 2 rings (SSSR count). The second-order valence-electron chi connectivity index (χ2n) is 4.96. The third-order valence-electron chi connectivity index (χ3n) is 3.01. The highest BCUT2D eigenvalue weighted by molar-refractivity contribution is 7.99. The highest BCUT2D eigenvalue weighted by atomic mass is 32.2. The van der Waals surface area contributed by atoms with Crippen molar-refractivity contribution in [1.82, 2.24) is 9.97 Å². The Morgan fingerprint density at radius 1 is 1.30 bits per heavy atom. The van der Waals surface area contributed by atoms with Crippen LogP contribution in [0.4, 0.5) is 11.4 Å². The monoisotopic (exact) mass is 332 g/mol. The van der Waals surface area contributed by atoms with Gasteiger partial charge in [0, 0.05) is 11.8 Å². The lowest BCUT2D eigenvalue weighted by Crippen LogP contribution is -2.16. The van der Waals surface area contributed by atoms with Crippen LogP contribution in [0.2, 0.25) is 0 Å². The fourth-order valence-electron chi connectivity index (χ4n) is 2.04. The molecule has 0 fully saturated rings. The molecular weight excluding hydrogens is 316 g/mol. The van der Waals surface area contributed by atoms with E-state index in [2.05, 4.69) is 15.3 Å². The number of anilines is 1. The van der Waals surface area contributed by atoms with Crippen molar-refractivity contribution in [2.24, 2.45) is 0 Å². The molecule has 1 heterocycles. The van der Waals surface area contributed by atoms with Crippen molar-refractivity contribution in [3.05, 3.63) is 51.5 Å². The van der Waals surface area contributed by atoms with Gasteiger partial charge in [0.25, 0.3) is 5.69 Å². The fraction of sp³-hybridized carbons (Fsp3) is 0.267. The molecule has 0 atom stereocenters.